The minimum atomic E-state index is -0.112. The molecule has 0 aromatic heterocycles. The highest BCUT2D eigenvalue weighted by atomic mass is 28.2. The van der Waals surface area contributed by atoms with Crippen LogP contribution in [0.4, 0.5) is 0 Å². The van der Waals surface area contributed by atoms with Crippen molar-refractivity contribution in [3.05, 3.63) is 66.2 Å². The summed E-state index contributed by atoms with van der Waals surface area (Å²) in [5.74, 6) is 0. The first-order chi connectivity index (χ1) is 10.3. The molecule has 0 saturated carbocycles. The molecule has 2 rings (SSSR count). The van der Waals surface area contributed by atoms with Gasteiger partial charge in [-0.15, -0.1) is 0 Å². The second-order valence-corrected chi connectivity index (χ2v) is 7.91. The van der Waals surface area contributed by atoms with Crippen LogP contribution in [0.3, 0.4) is 0 Å². The van der Waals surface area contributed by atoms with Crippen LogP contribution in [0.15, 0.2) is 55.1 Å². The molecule has 0 unspecified atom stereocenters. The van der Waals surface area contributed by atoms with Crippen LogP contribution in [0, 0.1) is 0 Å². The van der Waals surface area contributed by atoms with Gasteiger partial charge in [-0.25, -0.2) is 0 Å². The summed E-state index contributed by atoms with van der Waals surface area (Å²) >= 11 is 0. The topological polar surface area (TPSA) is 9.23 Å². The average molecular weight is 308 g/mol. The number of rotatable bonds is 5. The van der Waals surface area contributed by atoms with Gasteiger partial charge in [-0.1, -0.05) is 71.1 Å². The molecule has 0 bridgehead atoms. The van der Waals surface area contributed by atoms with E-state index in [0.29, 0.717) is 16.1 Å². The molecule has 2 radical (unpaired) electrons. The van der Waals surface area contributed by atoms with Gasteiger partial charge in [-0.2, -0.15) is 0 Å². The maximum absolute atomic E-state index is 5.94. The Morgan fingerprint density at radius 2 is 1.68 bits per heavy atom. The summed E-state index contributed by atoms with van der Waals surface area (Å²) in [5, 5.41) is 2.70. The molecular weight excluding hydrogens is 284 g/mol. The summed E-state index contributed by atoms with van der Waals surface area (Å²) in [6.45, 7) is 13.0. The predicted molar refractivity (Wildman–Crippen MR) is 97.2 cm³/mol. The molecule has 2 aromatic carbocycles. The molecule has 0 aliphatic heterocycles. The molecule has 0 aliphatic carbocycles. The standard InChI is InChI=1S/C20H24OSi/c1-15(2)16-10-12-18(13-11-16)22-19-9-7-6-8-17(19)14-21-20(3,4)5/h6-13H,1,14H2,2-5H3. The normalized spacial score (nSPS) is 11.5. The number of benzene rings is 2. The zero-order chi connectivity index (χ0) is 16.2. The van der Waals surface area contributed by atoms with Crippen molar-refractivity contribution in [3.8, 4) is 0 Å². The van der Waals surface area contributed by atoms with Gasteiger partial charge in [0, 0.05) is 0 Å². The zero-order valence-electron chi connectivity index (χ0n) is 13.9. The van der Waals surface area contributed by atoms with Crippen LogP contribution in [0.1, 0.15) is 38.8 Å². The third-order valence-corrected chi connectivity index (χ3v) is 4.71. The van der Waals surface area contributed by atoms with Crippen molar-refractivity contribution in [2.75, 3.05) is 0 Å². The number of allylic oxidation sites excluding steroid dienone is 1. The van der Waals surface area contributed by atoms with E-state index in [1.165, 1.54) is 21.5 Å². The molecular formula is C20H24OSi. The van der Waals surface area contributed by atoms with Gasteiger partial charge >= 0.3 is 0 Å². The first-order valence-electron chi connectivity index (χ1n) is 7.60. The predicted octanol–water partition coefficient (Wildman–Crippen LogP) is 3.69. The summed E-state index contributed by atoms with van der Waals surface area (Å²) in [6, 6.07) is 17.2. The van der Waals surface area contributed by atoms with Gasteiger partial charge in [0.1, 0.15) is 9.52 Å². The number of ether oxygens (including phenoxy) is 1. The molecule has 0 fully saturated rings. The summed E-state index contributed by atoms with van der Waals surface area (Å²) < 4.78 is 5.94. The molecule has 0 spiro atoms. The van der Waals surface area contributed by atoms with Crippen LogP contribution in [0.2, 0.25) is 0 Å². The lowest BCUT2D eigenvalue weighted by molar-refractivity contribution is -0.0146. The quantitative estimate of drug-likeness (QED) is 0.766. The molecule has 0 aliphatic rings. The fourth-order valence-electron chi connectivity index (χ4n) is 2.06. The largest absolute Gasteiger partial charge is 0.371 e. The first kappa shape index (κ1) is 16.7. The summed E-state index contributed by atoms with van der Waals surface area (Å²) in [4.78, 5) is 0. The van der Waals surface area contributed by atoms with E-state index in [9.17, 15) is 0 Å². The molecule has 0 saturated heterocycles. The Labute approximate surface area is 136 Å². The highest BCUT2D eigenvalue weighted by molar-refractivity contribution is 6.67. The van der Waals surface area contributed by atoms with Gasteiger partial charge in [-0.3, -0.25) is 0 Å². The van der Waals surface area contributed by atoms with Gasteiger partial charge in [-0.05, 0) is 38.8 Å². The van der Waals surface area contributed by atoms with E-state index in [-0.39, 0.29) is 5.60 Å². The van der Waals surface area contributed by atoms with Crippen LogP contribution in [-0.2, 0) is 11.3 Å². The Balaban J connectivity index is 2.13. The molecule has 2 aromatic rings. The van der Waals surface area contributed by atoms with E-state index in [1.807, 2.05) is 6.92 Å². The highest BCUT2D eigenvalue weighted by Gasteiger charge is 2.12. The van der Waals surface area contributed by atoms with E-state index < -0.39 is 0 Å². The molecule has 0 heterocycles. The van der Waals surface area contributed by atoms with Crippen LogP contribution < -0.4 is 10.4 Å². The van der Waals surface area contributed by atoms with Gasteiger partial charge < -0.3 is 4.74 Å². The van der Waals surface area contributed by atoms with Gasteiger partial charge in [0.05, 0.1) is 12.2 Å². The van der Waals surface area contributed by atoms with Crippen molar-refractivity contribution in [1.29, 1.82) is 0 Å². The molecule has 2 heteroatoms. The second-order valence-electron chi connectivity index (χ2n) is 6.54. The molecule has 0 amide bonds. The van der Waals surface area contributed by atoms with Gasteiger partial charge in [0.25, 0.3) is 0 Å². The van der Waals surface area contributed by atoms with E-state index in [4.69, 9.17) is 4.74 Å². The molecule has 114 valence electrons. The highest BCUT2D eigenvalue weighted by Crippen LogP contribution is 2.11. The van der Waals surface area contributed by atoms with E-state index in [0.717, 1.165) is 5.57 Å². The van der Waals surface area contributed by atoms with Crippen LogP contribution >= 0.6 is 0 Å². The third kappa shape index (κ3) is 4.97. The Kier molecular flexibility index (Phi) is 5.38. The molecule has 0 N–H and O–H groups in total. The fraction of sp³-hybridized carbons (Fsp3) is 0.300. The lowest BCUT2D eigenvalue weighted by atomic mass is 10.1. The van der Waals surface area contributed by atoms with Crippen LogP contribution in [0.25, 0.3) is 5.57 Å². The Morgan fingerprint density at radius 1 is 1.05 bits per heavy atom. The summed E-state index contributed by atoms with van der Waals surface area (Å²) in [6.07, 6.45) is 0. The van der Waals surface area contributed by atoms with E-state index in [1.54, 1.807) is 0 Å². The van der Waals surface area contributed by atoms with Crippen molar-refractivity contribution >= 4 is 25.5 Å². The minimum absolute atomic E-state index is 0.112. The van der Waals surface area contributed by atoms with Crippen molar-refractivity contribution in [2.24, 2.45) is 0 Å². The molecule has 0 atom stereocenters. The molecule has 22 heavy (non-hydrogen) atoms. The van der Waals surface area contributed by atoms with Crippen LogP contribution in [0.5, 0.6) is 0 Å². The van der Waals surface area contributed by atoms with E-state index >= 15 is 0 Å². The smallest absolute Gasteiger partial charge is 0.122 e. The van der Waals surface area contributed by atoms with Crippen molar-refractivity contribution < 1.29 is 4.74 Å². The Bertz CT molecular complexity index is 636. The van der Waals surface area contributed by atoms with Crippen molar-refractivity contribution in [2.45, 2.75) is 39.9 Å². The first-order valence-corrected chi connectivity index (χ1v) is 8.60. The lowest BCUT2D eigenvalue weighted by Gasteiger charge is -2.20. The number of hydrogen-bond donors (Lipinski definition) is 0. The Morgan fingerprint density at radius 3 is 2.27 bits per heavy atom. The molecule has 1 nitrogen and oxygen atoms in total. The zero-order valence-corrected chi connectivity index (χ0v) is 14.9. The monoisotopic (exact) mass is 308 g/mol. The maximum atomic E-state index is 5.94. The summed E-state index contributed by atoms with van der Waals surface area (Å²) in [5.41, 5.74) is 3.48. The van der Waals surface area contributed by atoms with Crippen molar-refractivity contribution in [3.63, 3.8) is 0 Å². The third-order valence-electron chi connectivity index (χ3n) is 3.33. The number of hydrogen-bond acceptors (Lipinski definition) is 1. The van der Waals surface area contributed by atoms with E-state index in [2.05, 4.69) is 75.9 Å². The lowest BCUT2D eigenvalue weighted by Crippen LogP contribution is -2.31. The Hall–Kier alpha value is -1.64. The fourth-order valence-corrected chi connectivity index (χ4v) is 3.20. The van der Waals surface area contributed by atoms with Crippen LogP contribution in [-0.4, -0.2) is 15.1 Å². The van der Waals surface area contributed by atoms with Gasteiger partial charge in [0.15, 0.2) is 0 Å². The SMILES string of the molecule is C=C(C)c1ccc([Si]c2ccccc2COC(C)(C)C)cc1. The second kappa shape index (κ2) is 7.08. The summed E-state index contributed by atoms with van der Waals surface area (Å²) in [7, 11) is 0.649. The average Bonchev–Trinajstić information content (AvgIpc) is 2.46. The minimum Gasteiger partial charge on any atom is -0.371 e. The van der Waals surface area contributed by atoms with Crippen molar-refractivity contribution in [1.82, 2.24) is 0 Å². The maximum Gasteiger partial charge on any atom is 0.122 e. The van der Waals surface area contributed by atoms with Gasteiger partial charge in [0.2, 0.25) is 0 Å².